The number of hydrogen-bond acceptors (Lipinski definition) is 9. The van der Waals surface area contributed by atoms with E-state index in [0.29, 0.717) is 11.4 Å². The molecule has 0 saturated carbocycles. The van der Waals surface area contributed by atoms with Crippen LogP contribution < -0.4 is 11.2 Å². The van der Waals surface area contributed by atoms with Crippen LogP contribution in [0, 0.1) is 0 Å². The van der Waals surface area contributed by atoms with E-state index >= 15 is 0 Å². The Morgan fingerprint density at radius 1 is 1.23 bits per heavy atom. The number of aromatic nitrogens is 5. The van der Waals surface area contributed by atoms with Crippen molar-refractivity contribution in [3.05, 3.63) is 76.0 Å². The lowest BCUT2D eigenvalue weighted by molar-refractivity contribution is 0.0949. The normalized spacial score (nSPS) is 11.1. The van der Waals surface area contributed by atoms with Crippen LogP contribution in [0.5, 0.6) is 0 Å². The van der Waals surface area contributed by atoms with Gasteiger partial charge in [0.15, 0.2) is 5.69 Å². The molecular formula is C19H15BrN8O2S. The number of amides is 1. The molecule has 4 rings (SSSR count). The molecule has 0 aliphatic heterocycles. The predicted molar refractivity (Wildman–Crippen MR) is 119 cm³/mol. The van der Waals surface area contributed by atoms with Crippen LogP contribution in [0.2, 0.25) is 0 Å². The summed E-state index contributed by atoms with van der Waals surface area (Å²) in [5.74, 6) is 0.0565. The van der Waals surface area contributed by atoms with Gasteiger partial charge in [0, 0.05) is 15.1 Å². The van der Waals surface area contributed by atoms with Crippen molar-refractivity contribution in [2.75, 3.05) is 5.73 Å². The minimum absolute atomic E-state index is 0.0375. The van der Waals surface area contributed by atoms with E-state index in [2.05, 4.69) is 51.7 Å². The second kappa shape index (κ2) is 9.53. The van der Waals surface area contributed by atoms with Crippen molar-refractivity contribution in [1.82, 2.24) is 30.7 Å². The van der Waals surface area contributed by atoms with Crippen molar-refractivity contribution in [1.29, 1.82) is 0 Å². The molecule has 4 aromatic rings. The van der Waals surface area contributed by atoms with E-state index in [1.165, 1.54) is 22.7 Å². The molecular weight excluding hydrogens is 484 g/mol. The maximum Gasteiger partial charge on any atom is 0.293 e. The van der Waals surface area contributed by atoms with E-state index in [1.54, 1.807) is 0 Å². The van der Waals surface area contributed by atoms with Crippen LogP contribution in [-0.2, 0) is 5.75 Å². The number of carbonyl (C=O) groups is 1. The number of nitrogens with one attached hydrogen (secondary N) is 1. The molecule has 12 heteroatoms. The fourth-order valence-corrected chi connectivity index (χ4v) is 3.92. The summed E-state index contributed by atoms with van der Waals surface area (Å²) >= 11 is 4.90. The van der Waals surface area contributed by atoms with Gasteiger partial charge in [-0.2, -0.15) is 9.78 Å². The number of thioether (sulfide) groups is 1. The first kappa shape index (κ1) is 20.8. The van der Waals surface area contributed by atoms with Gasteiger partial charge in [-0.1, -0.05) is 51.5 Å². The van der Waals surface area contributed by atoms with Gasteiger partial charge in [0.2, 0.25) is 11.6 Å². The maximum atomic E-state index is 12.8. The van der Waals surface area contributed by atoms with Gasteiger partial charge >= 0.3 is 0 Å². The van der Waals surface area contributed by atoms with Crippen molar-refractivity contribution in [2.24, 2.45) is 5.10 Å². The number of benzene rings is 2. The number of carbonyl (C=O) groups excluding carboxylic acids is 1. The molecule has 0 unspecified atom stereocenters. The van der Waals surface area contributed by atoms with Gasteiger partial charge in [-0.25, -0.2) is 10.1 Å². The monoisotopic (exact) mass is 498 g/mol. The third-order valence-corrected chi connectivity index (χ3v) is 5.54. The number of hydrogen-bond donors (Lipinski definition) is 2. The second-order valence-corrected chi connectivity index (χ2v) is 8.09. The van der Waals surface area contributed by atoms with Crippen LogP contribution >= 0.6 is 27.7 Å². The lowest BCUT2D eigenvalue weighted by Crippen LogP contribution is -2.20. The highest BCUT2D eigenvalue weighted by Crippen LogP contribution is 2.25. The molecule has 0 spiro atoms. The molecule has 0 bridgehead atoms. The number of halogens is 1. The average molecular weight is 499 g/mol. The van der Waals surface area contributed by atoms with E-state index in [-0.39, 0.29) is 17.3 Å². The zero-order valence-electron chi connectivity index (χ0n) is 15.8. The molecule has 31 heavy (non-hydrogen) atoms. The minimum atomic E-state index is -0.517. The van der Waals surface area contributed by atoms with Crippen LogP contribution in [0.1, 0.15) is 21.7 Å². The van der Waals surface area contributed by atoms with Gasteiger partial charge in [0.25, 0.3) is 5.91 Å². The second-order valence-electron chi connectivity index (χ2n) is 6.13. The van der Waals surface area contributed by atoms with Crippen molar-refractivity contribution >= 4 is 45.6 Å². The summed E-state index contributed by atoms with van der Waals surface area (Å²) < 4.78 is 6.91. The molecule has 0 saturated heterocycles. The lowest BCUT2D eigenvalue weighted by Gasteiger charge is -2.05. The molecule has 156 valence electrons. The molecule has 0 atom stereocenters. The Morgan fingerprint density at radius 3 is 2.81 bits per heavy atom. The third kappa shape index (κ3) is 4.98. The van der Waals surface area contributed by atoms with E-state index in [0.717, 1.165) is 14.9 Å². The molecule has 3 N–H and O–H groups in total. The van der Waals surface area contributed by atoms with Crippen molar-refractivity contribution in [3.8, 4) is 5.82 Å². The Hall–Kier alpha value is -3.51. The highest BCUT2D eigenvalue weighted by Gasteiger charge is 2.24. The molecule has 0 aliphatic rings. The zero-order chi connectivity index (χ0) is 21.6. The summed E-state index contributed by atoms with van der Waals surface area (Å²) in [5.41, 5.74) is 9.67. The zero-order valence-corrected chi connectivity index (χ0v) is 18.2. The summed E-state index contributed by atoms with van der Waals surface area (Å²) in [5, 5.41) is 19.4. The third-order valence-electron chi connectivity index (χ3n) is 4.02. The van der Waals surface area contributed by atoms with Gasteiger partial charge in [-0.15, -0.1) is 16.9 Å². The standard InChI is InChI=1S/C19H15BrN8O2S/c20-13-6-4-5-12(9-13)10-22-24-19(29)16-15(11-31-14-7-2-1-3-8-14)28(27-23-16)18-17(21)25-30-26-18/h1-10H,11H2,(H2,21,25)(H,24,29)/b22-10-. The Bertz CT molecular complexity index is 1220. The quantitative estimate of drug-likeness (QED) is 0.225. The van der Waals surface area contributed by atoms with Gasteiger partial charge in [0.1, 0.15) is 0 Å². The van der Waals surface area contributed by atoms with Crippen LogP contribution in [0.25, 0.3) is 5.82 Å². The fraction of sp³-hybridized carbons (Fsp3) is 0.0526. The summed E-state index contributed by atoms with van der Waals surface area (Å²) in [4.78, 5) is 13.8. The first-order valence-electron chi connectivity index (χ1n) is 8.91. The van der Waals surface area contributed by atoms with E-state index < -0.39 is 5.91 Å². The van der Waals surface area contributed by atoms with Crippen LogP contribution in [-0.4, -0.2) is 37.4 Å². The minimum Gasteiger partial charge on any atom is -0.378 e. The number of nitrogen functional groups attached to an aromatic ring is 1. The number of rotatable bonds is 7. The Balaban J connectivity index is 1.58. The molecule has 2 aromatic carbocycles. The number of hydrazone groups is 1. The largest absolute Gasteiger partial charge is 0.378 e. The molecule has 1 amide bonds. The number of nitrogens with two attached hydrogens (primary N) is 1. The first-order chi connectivity index (χ1) is 15.1. The highest BCUT2D eigenvalue weighted by atomic mass is 79.9. The van der Waals surface area contributed by atoms with Crippen LogP contribution in [0.4, 0.5) is 5.82 Å². The number of nitrogens with zero attached hydrogens (tertiary/aromatic N) is 6. The van der Waals surface area contributed by atoms with Crippen molar-refractivity contribution in [2.45, 2.75) is 10.6 Å². The summed E-state index contributed by atoms with van der Waals surface area (Å²) in [7, 11) is 0. The van der Waals surface area contributed by atoms with Crippen molar-refractivity contribution in [3.63, 3.8) is 0 Å². The molecule has 0 radical (unpaired) electrons. The molecule has 0 fully saturated rings. The Labute approximate surface area is 189 Å². The smallest absolute Gasteiger partial charge is 0.293 e. The topological polar surface area (TPSA) is 137 Å². The summed E-state index contributed by atoms with van der Waals surface area (Å²) in [6.45, 7) is 0. The SMILES string of the molecule is Nc1nonc1-n1nnc(C(=O)N/N=C\c2cccc(Br)c2)c1CSc1ccccc1. The van der Waals surface area contributed by atoms with Crippen LogP contribution in [0.15, 0.2) is 73.7 Å². The fourth-order valence-electron chi connectivity index (χ4n) is 2.59. The first-order valence-corrected chi connectivity index (χ1v) is 10.7. The van der Waals surface area contributed by atoms with E-state index in [9.17, 15) is 4.79 Å². The predicted octanol–water partition coefficient (Wildman–Crippen LogP) is 3.05. The van der Waals surface area contributed by atoms with Gasteiger partial charge in [0.05, 0.1) is 11.9 Å². The molecule has 10 nitrogen and oxygen atoms in total. The van der Waals surface area contributed by atoms with E-state index in [4.69, 9.17) is 5.73 Å². The van der Waals surface area contributed by atoms with Gasteiger partial charge < -0.3 is 5.73 Å². The van der Waals surface area contributed by atoms with Crippen molar-refractivity contribution < 1.29 is 9.42 Å². The van der Waals surface area contributed by atoms with Gasteiger partial charge in [-0.3, -0.25) is 4.79 Å². The Kier molecular flexibility index (Phi) is 6.38. The van der Waals surface area contributed by atoms with E-state index in [1.807, 2.05) is 54.6 Å². The van der Waals surface area contributed by atoms with Gasteiger partial charge in [-0.05, 0) is 40.1 Å². The summed E-state index contributed by atoms with van der Waals surface area (Å²) in [6.07, 6.45) is 1.53. The lowest BCUT2D eigenvalue weighted by atomic mass is 10.2. The van der Waals surface area contributed by atoms with Crippen LogP contribution in [0.3, 0.4) is 0 Å². The molecule has 2 heterocycles. The summed E-state index contributed by atoms with van der Waals surface area (Å²) in [6, 6.07) is 17.2. The molecule has 2 aromatic heterocycles. The highest BCUT2D eigenvalue weighted by molar-refractivity contribution is 9.10. The maximum absolute atomic E-state index is 12.8. The average Bonchev–Trinajstić information content (AvgIpc) is 3.38. The Morgan fingerprint density at radius 2 is 2.06 bits per heavy atom. The molecule has 0 aliphatic carbocycles. The number of anilines is 1.